The van der Waals surface area contributed by atoms with E-state index in [1.165, 1.54) is 14.2 Å². The summed E-state index contributed by atoms with van der Waals surface area (Å²) in [6.07, 6.45) is 0.917. The average molecular weight is 555 g/mol. The lowest BCUT2D eigenvalue weighted by Gasteiger charge is -2.51. The summed E-state index contributed by atoms with van der Waals surface area (Å²) < 4.78 is 1.04. The first-order valence-corrected chi connectivity index (χ1v) is 12.7. The molecule has 0 spiro atoms. The molecule has 2 aromatic heterocycles. The first-order chi connectivity index (χ1) is 17.1. The fourth-order valence-corrected chi connectivity index (χ4v) is 7.02. The first kappa shape index (κ1) is 25.5. The van der Waals surface area contributed by atoms with Gasteiger partial charge in [0.25, 0.3) is 11.8 Å². The van der Waals surface area contributed by atoms with E-state index in [2.05, 4.69) is 30.5 Å². The summed E-state index contributed by atoms with van der Waals surface area (Å²) in [6.45, 7) is 0. The molecular formula is C18H18N8O7S3. The average Bonchev–Trinajstić information content (AvgIpc) is 3.27. The van der Waals surface area contributed by atoms with Crippen molar-refractivity contribution in [3.63, 3.8) is 0 Å². The van der Waals surface area contributed by atoms with Crippen molar-refractivity contribution in [1.82, 2.24) is 30.0 Å². The lowest BCUT2D eigenvalue weighted by Crippen LogP contribution is -2.61. The summed E-state index contributed by atoms with van der Waals surface area (Å²) >= 11 is 3.12. The highest BCUT2D eigenvalue weighted by molar-refractivity contribution is 8.01. The van der Waals surface area contributed by atoms with Crippen molar-refractivity contribution in [2.45, 2.75) is 21.8 Å². The molecule has 36 heavy (non-hydrogen) atoms. The molecule has 4 rings (SSSR count). The number of aromatic hydroxyl groups is 1. The Morgan fingerprint density at radius 3 is 2.81 bits per heavy atom. The van der Waals surface area contributed by atoms with Gasteiger partial charge in [0.1, 0.15) is 19.0 Å². The summed E-state index contributed by atoms with van der Waals surface area (Å²) in [5, 5.41) is 34.3. The third kappa shape index (κ3) is 4.37. The molecular weight excluding hydrogens is 536 g/mol. The van der Waals surface area contributed by atoms with Crippen molar-refractivity contribution in [1.29, 1.82) is 0 Å². The molecule has 0 aliphatic carbocycles. The number of rotatable bonds is 8. The molecule has 15 nitrogen and oxygen atoms in total. The molecule has 2 amide bonds. The molecule has 1 fully saturated rings. The van der Waals surface area contributed by atoms with Crippen LogP contribution in [0.3, 0.4) is 0 Å². The number of hydrogen-bond donors (Lipinski definition) is 4. The number of nitrogen functional groups attached to an aromatic ring is 1. The second kappa shape index (κ2) is 9.78. The Hall–Kier alpha value is -3.64. The second-order valence-corrected chi connectivity index (χ2v) is 10.5. The smallest absolute Gasteiger partial charge is 0.352 e. The van der Waals surface area contributed by atoms with Crippen LogP contribution in [0.4, 0.5) is 5.13 Å². The maximum absolute atomic E-state index is 12.8. The number of carboxylic acid groups (broad SMARTS) is 1. The fraction of sp³-hybridized carbons (Fsp3) is 0.333. The van der Waals surface area contributed by atoms with Gasteiger partial charge in [0.15, 0.2) is 15.2 Å². The van der Waals surface area contributed by atoms with E-state index in [0.29, 0.717) is 0 Å². The van der Waals surface area contributed by atoms with Crippen LogP contribution < -0.4 is 16.6 Å². The van der Waals surface area contributed by atoms with Crippen LogP contribution in [-0.2, 0) is 31.1 Å². The van der Waals surface area contributed by atoms with E-state index in [1.54, 1.807) is 5.38 Å². The summed E-state index contributed by atoms with van der Waals surface area (Å²) in [5.41, 5.74) is 5.05. The van der Waals surface area contributed by atoms with Gasteiger partial charge in [-0.25, -0.2) is 9.78 Å². The minimum atomic E-state index is -1.57. The van der Waals surface area contributed by atoms with Crippen LogP contribution in [0.25, 0.3) is 0 Å². The van der Waals surface area contributed by atoms with Crippen LogP contribution in [0.1, 0.15) is 12.1 Å². The Morgan fingerprint density at radius 1 is 1.44 bits per heavy atom. The number of nitrogens with one attached hydrogen (secondary N) is 1. The number of anilines is 1. The highest BCUT2D eigenvalue weighted by atomic mass is 32.2. The molecule has 1 saturated heterocycles. The van der Waals surface area contributed by atoms with E-state index in [-0.39, 0.29) is 39.4 Å². The van der Waals surface area contributed by atoms with Crippen LogP contribution in [-0.4, -0.2) is 77.1 Å². The number of aliphatic carboxylic acids is 1. The first-order valence-electron chi connectivity index (χ1n) is 9.91. The number of carbonyl (C=O) groups is 3. The lowest BCUT2D eigenvalue weighted by atomic mass is 9.98. The molecule has 4 heterocycles. The number of thioether (sulfide) groups is 2. The molecule has 0 bridgehead atoms. The zero-order valence-corrected chi connectivity index (χ0v) is 21.0. The Labute approximate surface area is 214 Å². The lowest BCUT2D eigenvalue weighted by molar-refractivity contribution is -0.146. The predicted molar refractivity (Wildman–Crippen MR) is 129 cm³/mol. The molecule has 5 N–H and O–H groups in total. The second-order valence-electron chi connectivity index (χ2n) is 7.29. The number of oxime groups is 1. The predicted octanol–water partition coefficient (Wildman–Crippen LogP) is -0.743. The number of carbonyl (C=O) groups excluding carboxylic acids is 2. The summed E-state index contributed by atoms with van der Waals surface area (Å²) in [4.78, 5) is 58.2. The van der Waals surface area contributed by atoms with Crippen molar-refractivity contribution in [3.8, 4) is 5.88 Å². The molecule has 2 aromatic rings. The van der Waals surface area contributed by atoms with Crippen molar-refractivity contribution >= 4 is 64.0 Å². The van der Waals surface area contributed by atoms with Crippen molar-refractivity contribution in [2.75, 3.05) is 18.6 Å². The van der Waals surface area contributed by atoms with Gasteiger partial charge < -0.3 is 26.1 Å². The highest BCUT2D eigenvalue weighted by Gasteiger charge is 2.56. The van der Waals surface area contributed by atoms with Gasteiger partial charge in [-0.1, -0.05) is 28.7 Å². The molecule has 0 saturated carbocycles. The minimum absolute atomic E-state index is 0.0449. The number of amides is 2. The van der Waals surface area contributed by atoms with Crippen LogP contribution in [0.2, 0.25) is 0 Å². The van der Waals surface area contributed by atoms with E-state index in [4.69, 9.17) is 5.73 Å². The number of fused-ring (bicyclic) bond motifs is 1. The van der Waals surface area contributed by atoms with Gasteiger partial charge in [-0.05, 0) is 0 Å². The zero-order chi connectivity index (χ0) is 26.2. The Bertz CT molecular complexity index is 1370. The maximum Gasteiger partial charge on any atom is 0.352 e. The number of aromatic nitrogens is 4. The van der Waals surface area contributed by atoms with Gasteiger partial charge >= 0.3 is 11.5 Å². The largest absolute Gasteiger partial charge is 0.488 e. The normalized spacial score (nSPS) is 21.3. The van der Waals surface area contributed by atoms with E-state index < -0.39 is 39.5 Å². The van der Waals surface area contributed by atoms with Crippen LogP contribution in [0, 0.1) is 0 Å². The van der Waals surface area contributed by atoms with E-state index in [0.717, 1.165) is 50.5 Å². The molecule has 2 aliphatic rings. The topological polar surface area (TPSA) is 215 Å². The monoisotopic (exact) mass is 554 g/mol. The van der Waals surface area contributed by atoms with Gasteiger partial charge in [0.05, 0.1) is 17.5 Å². The maximum atomic E-state index is 12.8. The van der Waals surface area contributed by atoms with Crippen LogP contribution in [0.15, 0.2) is 31.8 Å². The summed E-state index contributed by atoms with van der Waals surface area (Å²) in [5.74, 6) is -3.49. The van der Waals surface area contributed by atoms with Crippen molar-refractivity contribution in [2.24, 2.45) is 12.2 Å². The number of thiazole rings is 1. The van der Waals surface area contributed by atoms with Gasteiger partial charge in [-0.3, -0.25) is 23.9 Å². The number of β-lactam (4-membered cyclic amide) rings is 1. The van der Waals surface area contributed by atoms with Crippen LogP contribution in [0.5, 0.6) is 5.88 Å². The van der Waals surface area contributed by atoms with Gasteiger partial charge in [-0.2, -0.15) is 0 Å². The van der Waals surface area contributed by atoms with Crippen molar-refractivity contribution < 1.29 is 29.4 Å². The SMILES string of the molecule is CO/N=C/C(=O)NC1(c2csc(N)n2)S[C@@H]2CC(=O)N2C(C(=O)O)=C1CSc1nnc(O)c(=O)n1C. The minimum Gasteiger partial charge on any atom is -0.488 e. The standard InChI is InChI=1S/C18H18N8O7S3/c1-25-14(30)13(29)23-24-17(25)35-5-7-12(15(31)32)26-10(28)3-11(26)36-18(7,8-6-34-16(19)21-8)22-9(27)4-20-33-2/h4,6,11H,3,5H2,1-2H3,(H2,19,21)(H,22,27)(H,23,29)(H,31,32)/b20-4+/t11-,18?/m1/s1. The van der Waals surface area contributed by atoms with E-state index in [1.807, 2.05) is 0 Å². The Morgan fingerprint density at radius 2 is 2.19 bits per heavy atom. The quantitative estimate of drug-likeness (QED) is 0.137. The number of nitrogens with two attached hydrogens (primary N) is 1. The van der Waals surface area contributed by atoms with E-state index >= 15 is 0 Å². The Kier molecular flexibility index (Phi) is 6.92. The number of hydrogen-bond acceptors (Lipinski definition) is 14. The molecule has 0 aromatic carbocycles. The molecule has 18 heteroatoms. The third-order valence-electron chi connectivity index (χ3n) is 5.19. The van der Waals surface area contributed by atoms with Gasteiger partial charge in [0, 0.05) is 23.8 Å². The van der Waals surface area contributed by atoms with Crippen LogP contribution >= 0.6 is 34.9 Å². The molecule has 2 aliphatic heterocycles. The molecule has 2 atom stereocenters. The molecule has 1 unspecified atom stereocenters. The molecule has 0 radical (unpaired) electrons. The van der Waals surface area contributed by atoms with E-state index in [9.17, 15) is 29.4 Å². The zero-order valence-electron chi connectivity index (χ0n) is 18.6. The summed E-state index contributed by atoms with van der Waals surface area (Å²) in [7, 11) is 2.61. The number of nitrogens with zero attached hydrogens (tertiary/aromatic N) is 6. The molecule has 190 valence electrons. The summed E-state index contributed by atoms with van der Waals surface area (Å²) in [6, 6.07) is 0. The fourth-order valence-electron chi connectivity index (χ4n) is 3.58. The number of carboxylic acids is 1. The highest BCUT2D eigenvalue weighted by Crippen LogP contribution is 2.54. The third-order valence-corrected chi connectivity index (χ3v) is 8.47. The van der Waals surface area contributed by atoms with Crippen molar-refractivity contribution in [3.05, 3.63) is 32.7 Å². The van der Waals surface area contributed by atoms with Gasteiger partial charge in [0.2, 0.25) is 5.91 Å². The Balaban J connectivity index is 1.89. The van der Waals surface area contributed by atoms with Gasteiger partial charge in [-0.15, -0.1) is 21.5 Å².